The number of rotatable bonds is 7. The van der Waals surface area contributed by atoms with Crippen LogP contribution in [0.5, 0.6) is 0 Å². The molecule has 0 bridgehead atoms. The molecule has 0 aromatic heterocycles. The van der Waals surface area contributed by atoms with Gasteiger partial charge in [-0.25, -0.2) is 4.79 Å². The van der Waals surface area contributed by atoms with Crippen molar-refractivity contribution in [3.8, 4) is 0 Å². The van der Waals surface area contributed by atoms with Crippen LogP contribution in [0, 0.1) is 0 Å². The number of carbonyl (C=O) groups excluding carboxylic acids is 2. The summed E-state index contributed by atoms with van der Waals surface area (Å²) < 4.78 is 0. The van der Waals surface area contributed by atoms with Crippen molar-refractivity contribution in [2.75, 3.05) is 0 Å². The van der Waals surface area contributed by atoms with Gasteiger partial charge >= 0.3 is 55.6 Å². The Bertz CT molecular complexity index is 452. The zero-order chi connectivity index (χ0) is 21.0. The number of carbonyl (C=O) groups is 5. The third kappa shape index (κ3) is 20.5. The van der Waals surface area contributed by atoms with Gasteiger partial charge < -0.3 is 50.4 Å². The van der Waals surface area contributed by atoms with Gasteiger partial charge in [0, 0.05) is 0 Å². The van der Waals surface area contributed by atoms with Crippen molar-refractivity contribution in [2.24, 2.45) is 0 Å². The summed E-state index contributed by atoms with van der Waals surface area (Å²) in [5.74, 6) is -7.89. The van der Waals surface area contributed by atoms with E-state index in [0.717, 1.165) is 13.8 Å². The van der Waals surface area contributed by atoms with Crippen LogP contribution in [-0.4, -0.2) is 116 Å². The first-order chi connectivity index (χ1) is 11.1. The molecule has 0 aromatic carbocycles. The molecular formula is C12H18CaO13. The van der Waals surface area contributed by atoms with Crippen molar-refractivity contribution in [2.45, 2.75) is 44.5 Å². The maximum absolute atomic E-state index is 10.3. The van der Waals surface area contributed by atoms with Crippen LogP contribution in [-0.2, 0) is 24.0 Å². The van der Waals surface area contributed by atoms with Crippen LogP contribution in [0.3, 0.4) is 0 Å². The van der Waals surface area contributed by atoms with Crippen molar-refractivity contribution in [3.05, 3.63) is 0 Å². The smallest absolute Gasteiger partial charge is 0.547 e. The number of carboxylic acid groups (broad SMARTS) is 5. The predicted molar refractivity (Wildman–Crippen MR) is 76.2 cm³/mol. The van der Waals surface area contributed by atoms with Crippen molar-refractivity contribution < 1.29 is 64.8 Å². The standard InChI is InChI=1S/C6H8O7.2C3H6O3.Ca/c7-3(8)1-6(13,5(11)12)2-4(9)10;2*1-2(4)3(5)6;/h13H,1-2H2,(H,7,8)(H,9,10)(H,11,12);2*2,4H,1H3,(H,5,6);/q;;;+2/p-2. The monoisotopic (exact) mass is 410 g/mol. The summed E-state index contributed by atoms with van der Waals surface area (Å²) in [5, 5.41) is 68.4. The fourth-order valence-corrected chi connectivity index (χ4v) is 0.714. The summed E-state index contributed by atoms with van der Waals surface area (Å²) in [5.41, 5.74) is -2.74. The van der Waals surface area contributed by atoms with E-state index in [2.05, 4.69) is 0 Å². The van der Waals surface area contributed by atoms with Gasteiger partial charge in [-0.15, -0.1) is 0 Å². The van der Waals surface area contributed by atoms with Crippen molar-refractivity contribution in [1.82, 2.24) is 0 Å². The SMILES string of the molecule is CC(O)C(=O)[O-].CC(O)C(=O)[O-].O=C(O)CC(O)(CC(=O)O)C(=O)O.[Ca+2]. The quantitative estimate of drug-likeness (QED) is 0.214. The summed E-state index contributed by atoms with van der Waals surface area (Å²) in [6.45, 7) is 2.27. The third-order valence-corrected chi connectivity index (χ3v) is 1.97. The van der Waals surface area contributed by atoms with Crippen molar-refractivity contribution >= 4 is 67.6 Å². The molecule has 0 saturated carbocycles. The van der Waals surface area contributed by atoms with E-state index in [-0.39, 0.29) is 37.7 Å². The Morgan fingerprint density at radius 1 is 0.808 bits per heavy atom. The van der Waals surface area contributed by atoms with Gasteiger partial charge in [0.25, 0.3) is 0 Å². The minimum Gasteiger partial charge on any atom is -0.547 e. The van der Waals surface area contributed by atoms with E-state index in [4.69, 9.17) is 30.6 Å². The Morgan fingerprint density at radius 3 is 1.08 bits per heavy atom. The van der Waals surface area contributed by atoms with Gasteiger partial charge in [-0.2, -0.15) is 0 Å². The third-order valence-electron chi connectivity index (χ3n) is 1.97. The van der Waals surface area contributed by atoms with Crippen LogP contribution in [0.15, 0.2) is 0 Å². The summed E-state index contributed by atoms with van der Waals surface area (Å²) in [6, 6.07) is 0. The minimum atomic E-state index is -2.74. The molecular weight excluding hydrogens is 392 g/mol. The van der Waals surface area contributed by atoms with E-state index >= 15 is 0 Å². The van der Waals surface area contributed by atoms with Crippen molar-refractivity contribution in [1.29, 1.82) is 0 Å². The van der Waals surface area contributed by atoms with Crippen LogP contribution in [0.1, 0.15) is 26.7 Å². The molecule has 0 radical (unpaired) electrons. The molecule has 6 N–H and O–H groups in total. The van der Waals surface area contributed by atoms with Gasteiger partial charge in [0.15, 0.2) is 5.60 Å². The molecule has 26 heavy (non-hydrogen) atoms. The number of hydrogen-bond donors (Lipinski definition) is 6. The Labute approximate surface area is 176 Å². The van der Waals surface area contributed by atoms with E-state index < -0.39 is 60.5 Å². The minimum absolute atomic E-state index is 0. The first-order valence-electron chi connectivity index (χ1n) is 6.24. The van der Waals surface area contributed by atoms with E-state index in [9.17, 15) is 34.2 Å². The molecule has 2 unspecified atom stereocenters. The van der Waals surface area contributed by atoms with Crippen LogP contribution in [0.25, 0.3) is 0 Å². The number of carboxylic acids is 5. The second-order valence-corrected chi connectivity index (χ2v) is 4.47. The Balaban J connectivity index is -0.000000157. The first-order valence-corrected chi connectivity index (χ1v) is 6.24. The molecule has 0 rings (SSSR count). The Kier molecular flexibility index (Phi) is 19.5. The van der Waals surface area contributed by atoms with Gasteiger partial charge in [0.05, 0.1) is 37.0 Å². The van der Waals surface area contributed by atoms with Gasteiger partial charge in [0.2, 0.25) is 0 Å². The zero-order valence-electron chi connectivity index (χ0n) is 13.8. The molecule has 14 heteroatoms. The Morgan fingerprint density at radius 2 is 1.00 bits per heavy atom. The van der Waals surface area contributed by atoms with E-state index in [0.29, 0.717) is 0 Å². The molecule has 2 atom stereocenters. The molecule has 0 aliphatic rings. The van der Waals surface area contributed by atoms with Crippen LogP contribution in [0.4, 0.5) is 0 Å². The van der Waals surface area contributed by atoms with Crippen molar-refractivity contribution in [3.63, 3.8) is 0 Å². The molecule has 0 saturated heterocycles. The number of aliphatic hydroxyl groups is 3. The first kappa shape index (κ1) is 32.2. The molecule has 0 aromatic rings. The van der Waals surface area contributed by atoms with Gasteiger partial charge in [-0.05, 0) is 13.8 Å². The average Bonchev–Trinajstić information content (AvgIpc) is 2.37. The average molecular weight is 410 g/mol. The summed E-state index contributed by atoms with van der Waals surface area (Å²) in [7, 11) is 0. The van der Waals surface area contributed by atoms with E-state index in [1.165, 1.54) is 0 Å². The summed E-state index contributed by atoms with van der Waals surface area (Å²) >= 11 is 0. The zero-order valence-corrected chi connectivity index (χ0v) is 16.0. The molecule has 13 nitrogen and oxygen atoms in total. The van der Waals surface area contributed by atoms with Crippen LogP contribution < -0.4 is 10.2 Å². The molecule has 0 aliphatic heterocycles. The Hall–Kier alpha value is -1.51. The second-order valence-electron chi connectivity index (χ2n) is 4.47. The molecule has 0 fully saturated rings. The maximum atomic E-state index is 10.3. The topological polar surface area (TPSA) is 253 Å². The van der Waals surface area contributed by atoms with E-state index in [1.54, 1.807) is 0 Å². The fraction of sp³-hybridized carbons (Fsp3) is 0.583. The molecule has 0 amide bonds. The second kappa shape index (κ2) is 15.7. The molecule has 0 aliphatic carbocycles. The number of hydrogen-bond acceptors (Lipinski definition) is 10. The maximum Gasteiger partial charge on any atom is 2.00 e. The van der Waals surface area contributed by atoms with Gasteiger partial charge in [0.1, 0.15) is 0 Å². The summed E-state index contributed by atoms with van der Waals surface area (Å²) in [6.07, 6.45) is -4.97. The van der Waals surface area contributed by atoms with Gasteiger partial charge in [-0.1, -0.05) is 0 Å². The number of aliphatic hydroxyl groups excluding tert-OH is 2. The normalized spacial score (nSPS) is 11.7. The summed E-state index contributed by atoms with van der Waals surface area (Å²) in [4.78, 5) is 49.2. The molecule has 0 heterocycles. The predicted octanol–water partition coefficient (Wildman–Crippen LogP) is -5.40. The van der Waals surface area contributed by atoms with Gasteiger partial charge in [-0.3, -0.25) is 9.59 Å². The molecule has 146 valence electrons. The largest absolute Gasteiger partial charge is 2.00 e. The van der Waals surface area contributed by atoms with E-state index in [1.807, 2.05) is 0 Å². The number of aliphatic carboxylic acids is 5. The fourth-order valence-electron chi connectivity index (χ4n) is 0.714. The van der Waals surface area contributed by atoms with Crippen LogP contribution >= 0.6 is 0 Å². The molecule has 0 spiro atoms. The van der Waals surface area contributed by atoms with Crippen LogP contribution in [0.2, 0.25) is 0 Å².